The molecular formula is C18H16N4OS. The number of benzene rings is 2. The normalized spacial score (nSPS) is 11.1. The number of anilines is 1. The van der Waals surface area contributed by atoms with Crippen LogP contribution in [0.25, 0.3) is 5.69 Å². The fraction of sp³-hybridized carbons (Fsp3) is 0.0556. The number of ether oxygens (including phenoxy) is 1. The fourth-order valence-corrected chi connectivity index (χ4v) is 2.34. The van der Waals surface area contributed by atoms with Gasteiger partial charge in [-0.2, -0.15) is 5.10 Å². The molecule has 120 valence electrons. The Hall–Kier alpha value is -2.99. The Bertz CT molecular complexity index is 886. The molecule has 3 rings (SSSR count). The molecule has 0 bridgehead atoms. The van der Waals surface area contributed by atoms with Crippen LogP contribution in [-0.4, -0.2) is 22.0 Å². The lowest BCUT2D eigenvalue weighted by Crippen LogP contribution is -2.14. The second kappa shape index (κ2) is 7.52. The summed E-state index contributed by atoms with van der Waals surface area (Å²) in [5.41, 5.74) is 1.81. The van der Waals surface area contributed by atoms with Gasteiger partial charge in [-0.15, -0.1) is 0 Å². The SMILES string of the molecule is COc1cccc(NC(=S)N=c2ccn(-c3ccccc3)nc2)c1. The predicted octanol–water partition coefficient (Wildman–Crippen LogP) is 3.18. The second-order valence-corrected chi connectivity index (χ2v) is 5.33. The Morgan fingerprint density at radius 3 is 2.67 bits per heavy atom. The number of para-hydroxylation sites is 1. The quantitative estimate of drug-likeness (QED) is 0.747. The number of nitrogens with one attached hydrogen (secondary N) is 1. The van der Waals surface area contributed by atoms with Crippen molar-refractivity contribution >= 4 is 23.0 Å². The molecule has 0 radical (unpaired) electrons. The van der Waals surface area contributed by atoms with Crippen LogP contribution in [0.2, 0.25) is 0 Å². The standard InChI is InChI=1S/C18H16N4OS/c1-23-17-9-5-6-14(12-17)20-18(24)21-15-10-11-22(19-13-15)16-7-3-2-4-8-16/h2-13H,1H3,(H,20,24). The Morgan fingerprint density at radius 2 is 1.96 bits per heavy atom. The highest BCUT2D eigenvalue weighted by Gasteiger charge is 1.98. The summed E-state index contributed by atoms with van der Waals surface area (Å²) in [6.45, 7) is 0. The predicted molar refractivity (Wildman–Crippen MR) is 98.3 cm³/mol. The molecule has 0 unspecified atom stereocenters. The average molecular weight is 336 g/mol. The minimum Gasteiger partial charge on any atom is -0.497 e. The van der Waals surface area contributed by atoms with E-state index in [-0.39, 0.29) is 0 Å². The summed E-state index contributed by atoms with van der Waals surface area (Å²) < 4.78 is 6.96. The van der Waals surface area contributed by atoms with Crippen molar-refractivity contribution in [2.24, 2.45) is 4.99 Å². The van der Waals surface area contributed by atoms with Crippen LogP contribution < -0.4 is 15.4 Å². The van der Waals surface area contributed by atoms with Crippen LogP contribution in [0.3, 0.4) is 0 Å². The number of hydrogen-bond donors (Lipinski definition) is 1. The highest BCUT2D eigenvalue weighted by atomic mass is 32.1. The van der Waals surface area contributed by atoms with E-state index in [9.17, 15) is 0 Å². The van der Waals surface area contributed by atoms with Gasteiger partial charge in [0.05, 0.1) is 24.4 Å². The minimum atomic E-state index is 0.363. The molecule has 3 aromatic rings. The van der Waals surface area contributed by atoms with Gasteiger partial charge < -0.3 is 10.1 Å². The van der Waals surface area contributed by atoms with Crippen molar-refractivity contribution < 1.29 is 4.74 Å². The van der Waals surface area contributed by atoms with E-state index in [0.29, 0.717) is 10.5 Å². The zero-order valence-corrected chi connectivity index (χ0v) is 13.9. The van der Waals surface area contributed by atoms with Crippen LogP contribution in [-0.2, 0) is 0 Å². The molecule has 0 saturated carbocycles. The first-order valence-corrected chi connectivity index (χ1v) is 7.75. The van der Waals surface area contributed by atoms with Gasteiger partial charge in [-0.3, -0.25) is 0 Å². The summed E-state index contributed by atoms with van der Waals surface area (Å²) in [5.74, 6) is 0.757. The van der Waals surface area contributed by atoms with Crippen LogP contribution in [0.4, 0.5) is 5.69 Å². The molecule has 5 nitrogen and oxygen atoms in total. The molecule has 1 heterocycles. The molecule has 6 heteroatoms. The van der Waals surface area contributed by atoms with E-state index in [2.05, 4.69) is 15.4 Å². The Kier molecular flexibility index (Phi) is 4.98. The molecular weight excluding hydrogens is 320 g/mol. The van der Waals surface area contributed by atoms with E-state index in [4.69, 9.17) is 17.0 Å². The van der Waals surface area contributed by atoms with Crippen molar-refractivity contribution in [1.82, 2.24) is 9.78 Å². The third kappa shape index (κ3) is 4.05. The van der Waals surface area contributed by atoms with Gasteiger partial charge in [0.25, 0.3) is 0 Å². The molecule has 1 N–H and O–H groups in total. The fourth-order valence-electron chi connectivity index (χ4n) is 2.12. The molecule has 1 aromatic heterocycles. The summed E-state index contributed by atoms with van der Waals surface area (Å²) in [7, 11) is 1.62. The maximum atomic E-state index is 5.27. The van der Waals surface area contributed by atoms with Gasteiger partial charge in [0.15, 0.2) is 5.11 Å². The molecule has 0 aliphatic carbocycles. The van der Waals surface area contributed by atoms with Gasteiger partial charge in [0, 0.05) is 18.0 Å². The summed E-state index contributed by atoms with van der Waals surface area (Å²) >= 11 is 5.27. The van der Waals surface area contributed by atoms with Crippen molar-refractivity contribution in [2.45, 2.75) is 0 Å². The van der Waals surface area contributed by atoms with Crippen LogP contribution >= 0.6 is 12.2 Å². The first-order chi connectivity index (χ1) is 11.7. The third-order valence-electron chi connectivity index (χ3n) is 3.27. The van der Waals surface area contributed by atoms with Gasteiger partial charge >= 0.3 is 0 Å². The summed E-state index contributed by atoms with van der Waals surface area (Å²) in [6.07, 6.45) is 3.52. The van der Waals surface area contributed by atoms with Gasteiger partial charge in [0.1, 0.15) is 5.75 Å². The van der Waals surface area contributed by atoms with Gasteiger partial charge in [-0.05, 0) is 42.5 Å². The van der Waals surface area contributed by atoms with E-state index in [0.717, 1.165) is 17.1 Å². The van der Waals surface area contributed by atoms with E-state index < -0.39 is 0 Å². The van der Waals surface area contributed by atoms with Crippen LogP contribution in [0.5, 0.6) is 5.75 Å². The highest BCUT2D eigenvalue weighted by molar-refractivity contribution is 7.80. The average Bonchev–Trinajstić information content (AvgIpc) is 2.63. The molecule has 0 saturated heterocycles. The lowest BCUT2D eigenvalue weighted by Gasteiger charge is -2.06. The van der Waals surface area contributed by atoms with E-state index >= 15 is 0 Å². The molecule has 0 aliphatic heterocycles. The van der Waals surface area contributed by atoms with Gasteiger partial charge in [0.2, 0.25) is 0 Å². The highest BCUT2D eigenvalue weighted by Crippen LogP contribution is 2.16. The molecule has 24 heavy (non-hydrogen) atoms. The largest absolute Gasteiger partial charge is 0.497 e. The van der Waals surface area contributed by atoms with Gasteiger partial charge in [-0.1, -0.05) is 24.3 Å². The number of hydrogen-bond acceptors (Lipinski definition) is 3. The topological polar surface area (TPSA) is 51.4 Å². The third-order valence-corrected chi connectivity index (χ3v) is 3.47. The molecule has 0 amide bonds. The zero-order valence-electron chi connectivity index (χ0n) is 13.1. The number of rotatable bonds is 3. The summed E-state index contributed by atoms with van der Waals surface area (Å²) in [4.78, 5) is 4.35. The summed E-state index contributed by atoms with van der Waals surface area (Å²) in [6, 6.07) is 19.2. The monoisotopic (exact) mass is 336 g/mol. The first kappa shape index (κ1) is 15.9. The molecule has 2 aromatic carbocycles. The summed E-state index contributed by atoms with van der Waals surface area (Å²) in [5, 5.41) is 8.46. The molecule has 0 aliphatic rings. The maximum absolute atomic E-state index is 5.27. The Morgan fingerprint density at radius 1 is 1.12 bits per heavy atom. The van der Waals surface area contributed by atoms with Crippen LogP contribution in [0, 0.1) is 0 Å². The number of methoxy groups -OCH3 is 1. The van der Waals surface area contributed by atoms with E-state index in [1.54, 1.807) is 18.0 Å². The second-order valence-electron chi connectivity index (χ2n) is 4.94. The molecule has 0 fully saturated rings. The van der Waals surface area contributed by atoms with Crippen molar-refractivity contribution in [2.75, 3.05) is 12.4 Å². The van der Waals surface area contributed by atoms with Crippen LogP contribution in [0.15, 0.2) is 78.0 Å². The lowest BCUT2D eigenvalue weighted by atomic mass is 10.3. The number of nitrogens with zero attached hydrogens (tertiary/aromatic N) is 3. The van der Waals surface area contributed by atoms with Gasteiger partial charge in [-0.25, -0.2) is 9.67 Å². The van der Waals surface area contributed by atoms with E-state index in [1.165, 1.54) is 0 Å². The lowest BCUT2D eigenvalue weighted by molar-refractivity contribution is 0.415. The number of aromatic nitrogens is 2. The minimum absolute atomic E-state index is 0.363. The van der Waals surface area contributed by atoms with Crippen molar-refractivity contribution in [3.8, 4) is 11.4 Å². The first-order valence-electron chi connectivity index (χ1n) is 7.35. The smallest absolute Gasteiger partial charge is 0.197 e. The van der Waals surface area contributed by atoms with Crippen molar-refractivity contribution in [1.29, 1.82) is 0 Å². The van der Waals surface area contributed by atoms with Crippen LogP contribution in [0.1, 0.15) is 0 Å². The maximum Gasteiger partial charge on any atom is 0.197 e. The number of thiocarbonyl (C=S) groups is 1. The Balaban J connectivity index is 1.74. The van der Waals surface area contributed by atoms with E-state index in [1.807, 2.05) is 66.9 Å². The van der Waals surface area contributed by atoms with Crippen molar-refractivity contribution in [3.63, 3.8) is 0 Å². The molecule has 0 atom stereocenters. The zero-order chi connectivity index (χ0) is 16.8. The molecule has 0 spiro atoms. The van der Waals surface area contributed by atoms with Crippen molar-refractivity contribution in [3.05, 3.63) is 78.4 Å². The Labute approximate surface area is 145 Å².